The van der Waals surface area contributed by atoms with E-state index >= 15 is 0 Å². The predicted octanol–water partition coefficient (Wildman–Crippen LogP) is 3.60. The number of carbonyl (C=O) groups is 2. The molecule has 0 aliphatic carbocycles. The number of hydrogen-bond donors (Lipinski definition) is 2. The number of rotatable bonds is 6. The Morgan fingerprint density at radius 1 is 1.28 bits per heavy atom. The molecule has 0 bridgehead atoms. The maximum Gasteiger partial charge on any atom is 0.411 e. The third-order valence-electron chi connectivity index (χ3n) is 4.20. The van der Waals surface area contributed by atoms with Gasteiger partial charge in [-0.3, -0.25) is 5.32 Å². The Kier molecular flexibility index (Phi) is 7.06. The van der Waals surface area contributed by atoms with E-state index in [9.17, 15) is 9.59 Å². The molecule has 1 heterocycles. The van der Waals surface area contributed by atoms with Crippen LogP contribution in [0.1, 0.15) is 32.3 Å². The fourth-order valence-electron chi connectivity index (χ4n) is 2.77. The highest BCUT2D eigenvalue weighted by molar-refractivity contribution is 5.93. The van der Waals surface area contributed by atoms with Gasteiger partial charge in [-0.1, -0.05) is 6.07 Å². The monoisotopic (exact) mass is 349 g/mol. The molecule has 0 aromatic heterocycles. The molecule has 1 aromatic rings. The second-order valence-electron chi connectivity index (χ2n) is 5.93. The molecule has 25 heavy (non-hydrogen) atoms. The smallest absolute Gasteiger partial charge is 0.411 e. The molecule has 1 fully saturated rings. The summed E-state index contributed by atoms with van der Waals surface area (Å²) in [6.45, 7) is 7.79. The number of benzene rings is 1. The summed E-state index contributed by atoms with van der Waals surface area (Å²) in [4.78, 5) is 25.9. The minimum Gasteiger partial charge on any atom is -0.450 e. The minimum absolute atomic E-state index is 0.114. The molecule has 1 aliphatic rings. The van der Waals surface area contributed by atoms with Crippen LogP contribution in [0.15, 0.2) is 18.2 Å². The lowest BCUT2D eigenvalue weighted by Crippen LogP contribution is -2.40. The maximum absolute atomic E-state index is 12.6. The van der Waals surface area contributed by atoms with Gasteiger partial charge in [0.2, 0.25) is 0 Å². The van der Waals surface area contributed by atoms with Crippen molar-refractivity contribution in [3.05, 3.63) is 23.8 Å². The Labute approximate surface area is 148 Å². The van der Waals surface area contributed by atoms with Gasteiger partial charge in [0.1, 0.15) is 0 Å². The second-order valence-corrected chi connectivity index (χ2v) is 5.93. The average molecular weight is 349 g/mol. The highest BCUT2D eigenvalue weighted by Gasteiger charge is 2.22. The minimum atomic E-state index is -0.511. The van der Waals surface area contributed by atoms with Crippen molar-refractivity contribution in [1.29, 1.82) is 0 Å². The lowest BCUT2D eigenvalue weighted by Gasteiger charge is -2.25. The normalized spacial score (nSPS) is 16.4. The lowest BCUT2D eigenvalue weighted by molar-refractivity contribution is 0.0849. The van der Waals surface area contributed by atoms with Crippen LogP contribution in [0.25, 0.3) is 0 Å². The molecule has 2 rings (SSSR count). The van der Waals surface area contributed by atoms with E-state index in [0.29, 0.717) is 31.1 Å². The average Bonchev–Trinajstić information content (AvgIpc) is 3.09. The van der Waals surface area contributed by atoms with Gasteiger partial charge in [-0.15, -0.1) is 0 Å². The van der Waals surface area contributed by atoms with E-state index in [0.717, 1.165) is 25.0 Å². The number of urea groups is 1. The molecule has 1 saturated heterocycles. The van der Waals surface area contributed by atoms with Crippen LogP contribution in [0.2, 0.25) is 0 Å². The van der Waals surface area contributed by atoms with Gasteiger partial charge in [0, 0.05) is 31.1 Å². The summed E-state index contributed by atoms with van der Waals surface area (Å²) >= 11 is 0. The first-order chi connectivity index (χ1) is 12.0. The van der Waals surface area contributed by atoms with Crippen LogP contribution in [0.3, 0.4) is 0 Å². The van der Waals surface area contributed by atoms with Gasteiger partial charge in [-0.25, -0.2) is 9.59 Å². The van der Waals surface area contributed by atoms with Crippen LogP contribution in [0.5, 0.6) is 0 Å². The molecule has 7 nitrogen and oxygen atoms in total. The Morgan fingerprint density at radius 3 is 2.60 bits per heavy atom. The molecule has 3 amide bonds. The van der Waals surface area contributed by atoms with Crippen molar-refractivity contribution in [2.24, 2.45) is 0 Å². The number of ether oxygens (including phenoxy) is 2. The summed E-state index contributed by atoms with van der Waals surface area (Å²) in [7, 11) is 0. The van der Waals surface area contributed by atoms with E-state index in [2.05, 4.69) is 10.6 Å². The maximum atomic E-state index is 12.6. The van der Waals surface area contributed by atoms with Crippen molar-refractivity contribution in [2.45, 2.75) is 39.7 Å². The third kappa shape index (κ3) is 5.35. The first-order valence-corrected chi connectivity index (χ1v) is 8.76. The molecular weight excluding hydrogens is 322 g/mol. The van der Waals surface area contributed by atoms with Crippen molar-refractivity contribution < 1.29 is 19.1 Å². The predicted molar refractivity (Wildman–Crippen MR) is 97.1 cm³/mol. The molecule has 138 valence electrons. The quantitative estimate of drug-likeness (QED) is 0.822. The Bertz CT molecular complexity index is 600. The number of nitrogens with one attached hydrogen (secondary N) is 2. The van der Waals surface area contributed by atoms with Crippen molar-refractivity contribution >= 4 is 23.5 Å². The molecule has 2 N–H and O–H groups in total. The SMILES string of the molecule is CCOC(=O)Nc1cccc(NC(=O)N(CC)C[C@H]2CCCO2)c1C. The van der Waals surface area contributed by atoms with E-state index in [-0.39, 0.29) is 12.1 Å². The summed E-state index contributed by atoms with van der Waals surface area (Å²) in [6, 6.07) is 5.19. The summed E-state index contributed by atoms with van der Waals surface area (Å²) in [5, 5.41) is 5.60. The fourth-order valence-corrected chi connectivity index (χ4v) is 2.77. The van der Waals surface area contributed by atoms with E-state index < -0.39 is 6.09 Å². The van der Waals surface area contributed by atoms with E-state index in [1.807, 2.05) is 19.9 Å². The Balaban J connectivity index is 2.02. The molecule has 1 atom stereocenters. The van der Waals surface area contributed by atoms with Crippen LogP contribution in [-0.4, -0.2) is 49.4 Å². The van der Waals surface area contributed by atoms with Gasteiger partial charge in [0.15, 0.2) is 0 Å². The number of carbonyl (C=O) groups excluding carboxylic acids is 2. The zero-order chi connectivity index (χ0) is 18.2. The zero-order valence-corrected chi connectivity index (χ0v) is 15.1. The van der Waals surface area contributed by atoms with E-state index in [4.69, 9.17) is 9.47 Å². The highest BCUT2D eigenvalue weighted by Crippen LogP contribution is 2.24. The Morgan fingerprint density at radius 2 is 2.00 bits per heavy atom. The van der Waals surface area contributed by atoms with Crippen LogP contribution in [0.4, 0.5) is 21.0 Å². The molecule has 0 radical (unpaired) electrons. The van der Waals surface area contributed by atoms with Crippen molar-refractivity contribution in [1.82, 2.24) is 4.90 Å². The van der Waals surface area contributed by atoms with Gasteiger partial charge in [-0.2, -0.15) is 0 Å². The number of amides is 3. The standard InChI is InChI=1S/C18H27N3O4/c1-4-21(12-14-8-7-11-25-14)17(22)19-15-9-6-10-16(13(15)3)20-18(23)24-5-2/h6,9-10,14H,4-5,7-8,11-12H2,1-3H3,(H,19,22)(H,20,23)/t14-/m1/s1. The molecule has 1 aromatic carbocycles. The summed E-state index contributed by atoms with van der Waals surface area (Å²) in [5.74, 6) is 0. The summed E-state index contributed by atoms with van der Waals surface area (Å²) in [5.41, 5.74) is 2.04. The number of nitrogens with zero attached hydrogens (tertiary/aromatic N) is 1. The first-order valence-electron chi connectivity index (χ1n) is 8.76. The van der Waals surface area contributed by atoms with Crippen LogP contribution >= 0.6 is 0 Å². The molecule has 7 heteroatoms. The number of likely N-dealkylation sites (N-methyl/N-ethyl adjacent to an activating group) is 1. The topological polar surface area (TPSA) is 79.9 Å². The third-order valence-corrected chi connectivity index (χ3v) is 4.20. The van der Waals surface area contributed by atoms with Crippen molar-refractivity contribution in [3.63, 3.8) is 0 Å². The van der Waals surface area contributed by atoms with Crippen LogP contribution in [0, 0.1) is 6.92 Å². The van der Waals surface area contributed by atoms with Crippen molar-refractivity contribution in [2.75, 3.05) is 36.9 Å². The largest absolute Gasteiger partial charge is 0.450 e. The number of hydrogen-bond acceptors (Lipinski definition) is 4. The first kappa shape index (κ1) is 19.1. The molecule has 0 spiro atoms. The van der Waals surface area contributed by atoms with Gasteiger partial charge in [-0.05, 0) is 51.3 Å². The molecule has 0 unspecified atom stereocenters. The summed E-state index contributed by atoms with van der Waals surface area (Å²) < 4.78 is 10.5. The van der Waals surface area contributed by atoms with E-state index in [1.165, 1.54) is 0 Å². The highest BCUT2D eigenvalue weighted by atomic mass is 16.5. The van der Waals surface area contributed by atoms with Crippen LogP contribution < -0.4 is 10.6 Å². The van der Waals surface area contributed by atoms with Crippen LogP contribution in [-0.2, 0) is 9.47 Å². The van der Waals surface area contributed by atoms with Gasteiger partial charge in [0.25, 0.3) is 0 Å². The van der Waals surface area contributed by atoms with Gasteiger partial charge < -0.3 is 19.7 Å². The second kappa shape index (κ2) is 9.27. The van der Waals surface area contributed by atoms with E-state index in [1.54, 1.807) is 24.0 Å². The van der Waals surface area contributed by atoms with Gasteiger partial charge >= 0.3 is 12.1 Å². The lowest BCUT2D eigenvalue weighted by atomic mass is 10.1. The summed E-state index contributed by atoms with van der Waals surface area (Å²) in [6.07, 6.45) is 1.64. The molecule has 0 saturated carbocycles. The van der Waals surface area contributed by atoms with Crippen molar-refractivity contribution in [3.8, 4) is 0 Å². The fraction of sp³-hybridized carbons (Fsp3) is 0.556. The zero-order valence-electron chi connectivity index (χ0n) is 15.1. The molecular formula is C18H27N3O4. The molecule has 1 aliphatic heterocycles. The number of anilines is 2. The Hall–Kier alpha value is -2.28. The van der Waals surface area contributed by atoms with Gasteiger partial charge in [0.05, 0.1) is 12.7 Å².